The van der Waals surface area contributed by atoms with Gasteiger partial charge in [-0.3, -0.25) is 4.79 Å². The molecule has 0 amide bonds. The highest BCUT2D eigenvalue weighted by Gasteiger charge is 2.15. The number of nitrogens with one attached hydrogen (secondary N) is 1. The summed E-state index contributed by atoms with van der Waals surface area (Å²) >= 11 is 2.89. The number of anilines is 2. The number of hydrogen-bond acceptors (Lipinski definition) is 6. The number of carbonyl (C=O) groups is 1. The lowest BCUT2D eigenvalue weighted by Crippen LogP contribution is -2.04. The van der Waals surface area contributed by atoms with Gasteiger partial charge in [0, 0.05) is 29.7 Å². The smallest absolute Gasteiger partial charge is 0.210 e. The van der Waals surface area contributed by atoms with Crippen LogP contribution < -0.4 is 5.32 Å². The maximum absolute atomic E-state index is 12.5. The van der Waals surface area contributed by atoms with Crippen molar-refractivity contribution in [2.45, 2.75) is 25.1 Å². The van der Waals surface area contributed by atoms with Gasteiger partial charge in [0.1, 0.15) is 0 Å². The molecule has 0 aliphatic rings. The molecule has 0 atom stereocenters. The van der Waals surface area contributed by atoms with Crippen LogP contribution in [0.1, 0.15) is 27.3 Å². The van der Waals surface area contributed by atoms with Crippen LogP contribution in [0.5, 0.6) is 0 Å². The topological polar surface area (TPSA) is 59.8 Å². The fraction of sp³-hybridized carbons (Fsp3) is 0.278. The zero-order valence-electron chi connectivity index (χ0n) is 14.7. The fourth-order valence-electron chi connectivity index (χ4n) is 2.49. The van der Waals surface area contributed by atoms with Crippen molar-refractivity contribution in [1.29, 1.82) is 0 Å². The molecule has 0 unspecified atom stereocenters. The minimum atomic E-state index is 0.120. The highest BCUT2D eigenvalue weighted by molar-refractivity contribution is 8.01. The second kappa shape index (κ2) is 7.41. The van der Waals surface area contributed by atoms with E-state index in [4.69, 9.17) is 0 Å². The first-order valence-electron chi connectivity index (χ1n) is 7.91. The van der Waals surface area contributed by atoms with Gasteiger partial charge in [0.25, 0.3) is 0 Å². The number of Topliss-reactive ketones (excluding diaryl/α,β-unsaturated/α-hetero) is 1. The quantitative estimate of drug-likeness (QED) is 0.509. The third-order valence-corrected chi connectivity index (χ3v) is 6.17. The van der Waals surface area contributed by atoms with E-state index in [0.29, 0.717) is 5.75 Å². The molecule has 0 aliphatic heterocycles. The Morgan fingerprint density at radius 2 is 2.00 bits per heavy atom. The van der Waals surface area contributed by atoms with Crippen LogP contribution in [0.25, 0.3) is 0 Å². The van der Waals surface area contributed by atoms with Crippen LogP contribution in [-0.2, 0) is 7.05 Å². The third-order valence-electron chi connectivity index (χ3n) is 4.20. The summed E-state index contributed by atoms with van der Waals surface area (Å²) < 4.78 is 2.82. The summed E-state index contributed by atoms with van der Waals surface area (Å²) in [5.41, 5.74) is 5.04. The first kappa shape index (κ1) is 17.7. The predicted molar refractivity (Wildman–Crippen MR) is 104 cm³/mol. The van der Waals surface area contributed by atoms with E-state index in [2.05, 4.69) is 15.5 Å². The lowest BCUT2D eigenvalue weighted by Gasteiger charge is -2.04. The summed E-state index contributed by atoms with van der Waals surface area (Å²) in [6.45, 7) is 6.02. The number of para-hydroxylation sites is 1. The molecule has 1 aromatic carbocycles. The number of nitrogens with zero attached hydrogens (tertiary/aromatic N) is 3. The maximum atomic E-state index is 12.5. The van der Waals surface area contributed by atoms with E-state index in [1.807, 2.05) is 62.7 Å². The van der Waals surface area contributed by atoms with E-state index in [9.17, 15) is 4.79 Å². The molecule has 3 rings (SSSR count). The number of ketones is 1. The zero-order valence-corrected chi connectivity index (χ0v) is 16.3. The second-order valence-corrected chi connectivity index (χ2v) is 8.07. The van der Waals surface area contributed by atoms with Gasteiger partial charge in [0.05, 0.1) is 5.75 Å². The molecule has 0 spiro atoms. The Balaban J connectivity index is 1.63. The van der Waals surface area contributed by atoms with Crippen LogP contribution in [0, 0.1) is 20.8 Å². The summed E-state index contributed by atoms with van der Waals surface area (Å²) in [7, 11) is 1.98. The van der Waals surface area contributed by atoms with Crippen LogP contribution in [0.15, 0.2) is 34.7 Å². The Morgan fingerprint density at radius 1 is 1.24 bits per heavy atom. The molecule has 0 fully saturated rings. The minimum Gasteiger partial charge on any atom is -0.351 e. The SMILES string of the molecule is Cc1ccccc1Nc1nnc(SCC(=O)c2cc(C)n(C)c2C)s1. The summed E-state index contributed by atoms with van der Waals surface area (Å²) in [6.07, 6.45) is 0. The van der Waals surface area contributed by atoms with Gasteiger partial charge < -0.3 is 9.88 Å². The highest BCUT2D eigenvalue weighted by Crippen LogP contribution is 2.29. The van der Waals surface area contributed by atoms with Crippen LogP contribution >= 0.6 is 23.1 Å². The van der Waals surface area contributed by atoms with Gasteiger partial charge in [-0.2, -0.15) is 0 Å². The number of aromatic nitrogens is 3. The summed E-state index contributed by atoms with van der Waals surface area (Å²) in [4.78, 5) is 12.5. The molecule has 5 nitrogen and oxygen atoms in total. The molecule has 0 saturated heterocycles. The van der Waals surface area contributed by atoms with Gasteiger partial charge in [-0.25, -0.2) is 0 Å². The monoisotopic (exact) mass is 372 g/mol. The van der Waals surface area contributed by atoms with Gasteiger partial charge in [-0.1, -0.05) is 41.3 Å². The van der Waals surface area contributed by atoms with E-state index in [0.717, 1.165) is 37.7 Å². The van der Waals surface area contributed by atoms with Gasteiger partial charge in [0.15, 0.2) is 10.1 Å². The molecule has 25 heavy (non-hydrogen) atoms. The van der Waals surface area contributed by atoms with Crippen LogP contribution in [0.4, 0.5) is 10.8 Å². The molecule has 7 heteroatoms. The van der Waals surface area contributed by atoms with E-state index in [1.165, 1.54) is 23.1 Å². The Labute approximate surface area is 155 Å². The van der Waals surface area contributed by atoms with Crippen LogP contribution in [-0.4, -0.2) is 26.3 Å². The first-order chi connectivity index (χ1) is 12.0. The maximum Gasteiger partial charge on any atom is 0.210 e. The van der Waals surface area contributed by atoms with Crippen molar-refractivity contribution >= 4 is 39.7 Å². The lowest BCUT2D eigenvalue weighted by atomic mass is 10.2. The van der Waals surface area contributed by atoms with E-state index in [1.54, 1.807) is 0 Å². The van der Waals surface area contributed by atoms with Crippen molar-refractivity contribution in [3.63, 3.8) is 0 Å². The van der Waals surface area contributed by atoms with Gasteiger partial charge in [-0.05, 0) is 38.5 Å². The molecule has 2 aromatic heterocycles. The Bertz CT molecular complexity index is 914. The molecular weight excluding hydrogens is 352 g/mol. The largest absolute Gasteiger partial charge is 0.351 e. The molecule has 0 radical (unpaired) electrons. The molecule has 0 aliphatic carbocycles. The van der Waals surface area contributed by atoms with Crippen LogP contribution in [0.2, 0.25) is 0 Å². The number of rotatable bonds is 6. The van der Waals surface area contributed by atoms with Gasteiger partial charge >= 0.3 is 0 Å². The lowest BCUT2D eigenvalue weighted by molar-refractivity contribution is 0.102. The van der Waals surface area contributed by atoms with Crippen molar-refractivity contribution in [2.75, 3.05) is 11.1 Å². The number of hydrogen-bond donors (Lipinski definition) is 1. The van der Waals surface area contributed by atoms with Crippen molar-refractivity contribution in [1.82, 2.24) is 14.8 Å². The summed E-state index contributed by atoms with van der Waals surface area (Å²) in [6, 6.07) is 9.98. The minimum absolute atomic E-state index is 0.120. The molecular formula is C18H20N4OS2. The molecule has 130 valence electrons. The number of aryl methyl sites for hydroxylation is 2. The first-order valence-corrected chi connectivity index (χ1v) is 9.71. The van der Waals surface area contributed by atoms with Crippen LogP contribution in [0.3, 0.4) is 0 Å². The molecule has 3 aromatic rings. The predicted octanol–water partition coefficient (Wildman–Crippen LogP) is 4.52. The third kappa shape index (κ3) is 3.93. The van der Waals surface area contributed by atoms with E-state index < -0.39 is 0 Å². The Morgan fingerprint density at radius 3 is 2.68 bits per heavy atom. The average molecular weight is 373 g/mol. The van der Waals surface area contributed by atoms with Crippen molar-refractivity contribution in [3.05, 3.63) is 52.8 Å². The highest BCUT2D eigenvalue weighted by atomic mass is 32.2. The Kier molecular flexibility index (Phi) is 5.24. The van der Waals surface area contributed by atoms with E-state index >= 15 is 0 Å². The average Bonchev–Trinajstić information content (AvgIpc) is 3.15. The molecule has 1 N–H and O–H groups in total. The summed E-state index contributed by atoms with van der Waals surface area (Å²) in [5.74, 6) is 0.485. The van der Waals surface area contributed by atoms with Gasteiger partial charge in [0.2, 0.25) is 5.13 Å². The van der Waals surface area contributed by atoms with Crippen molar-refractivity contribution in [3.8, 4) is 0 Å². The van der Waals surface area contributed by atoms with Crippen molar-refractivity contribution in [2.24, 2.45) is 7.05 Å². The van der Waals surface area contributed by atoms with Crippen molar-refractivity contribution < 1.29 is 4.79 Å². The fourth-order valence-corrected chi connectivity index (χ4v) is 4.14. The number of benzene rings is 1. The normalized spacial score (nSPS) is 10.9. The number of carbonyl (C=O) groups excluding carboxylic acids is 1. The second-order valence-electron chi connectivity index (χ2n) is 5.87. The summed E-state index contributed by atoms with van der Waals surface area (Å²) in [5, 5.41) is 12.3. The molecule has 0 bridgehead atoms. The zero-order chi connectivity index (χ0) is 18.0. The number of thioether (sulfide) groups is 1. The standard InChI is InChI=1S/C18H20N4OS2/c1-11-7-5-6-8-15(11)19-17-20-21-18(25-17)24-10-16(23)14-9-12(2)22(4)13(14)3/h5-9H,10H2,1-4H3,(H,19,20). The van der Waals surface area contributed by atoms with E-state index in [-0.39, 0.29) is 5.78 Å². The molecule has 2 heterocycles. The Hall–Kier alpha value is -2.12. The van der Waals surface area contributed by atoms with Gasteiger partial charge in [-0.15, -0.1) is 10.2 Å². The molecule has 0 saturated carbocycles.